The molecule has 1 aromatic rings. The number of halogens is 3. The van der Waals surface area contributed by atoms with E-state index in [0.29, 0.717) is 0 Å². The second kappa shape index (κ2) is 9.46. The molecule has 0 aromatic heterocycles. The minimum absolute atomic E-state index is 0.0369. The van der Waals surface area contributed by atoms with Crippen LogP contribution in [0.3, 0.4) is 0 Å². The SMILES string of the molecule is CCOC(=O)/C(=C/C1CN(S(=O)(=O)c2ccc(OC(F)(F)F)cc2)CCO1)OC. The molecule has 0 amide bonds. The van der Waals surface area contributed by atoms with Crippen molar-refractivity contribution in [3.8, 4) is 5.75 Å². The first-order valence-electron chi connectivity index (χ1n) is 8.47. The molecule has 1 aliphatic rings. The number of benzene rings is 1. The summed E-state index contributed by atoms with van der Waals surface area (Å²) in [4.78, 5) is 11.6. The Kier molecular flexibility index (Phi) is 7.49. The van der Waals surface area contributed by atoms with E-state index in [1.54, 1.807) is 6.92 Å². The summed E-state index contributed by atoms with van der Waals surface area (Å²) in [5, 5.41) is 0. The number of carbonyl (C=O) groups is 1. The molecule has 1 fully saturated rings. The van der Waals surface area contributed by atoms with E-state index in [9.17, 15) is 26.4 Å². The lowest BCUT2D eigenvalue weighted by atomic mass is 10.2. The Bertz CT molecular complexity index is 838. The number of methoxy groups -OCH3 is 1. The smallest absolute Gasteiger partial charge is 0.490 e. The van der Waals surface area contributed by atoms with E-state index in [0.717, 1.165) is 28.6 Å². The van der Waals surface area contributed by atoms with E-state index in [4.69, 9.17) is 14.2 Å². The van der Waals surface area contributed by atoms with Gasteiger partial charge in [0.05, 0.1) is 31.3 Å². The predicted octanol–water partition coefficient (Wildman–Crippen LogP) is 2.07. The highest BCUT2D eigenvalue weighted by atomic mass is 32.2. The van der Waals surface area contributed by atoms with Crippen molar-refractivity contribution in [1.82, 2.24) is 4.31 Å². The van der Waals surface area contributed by atoms with Crippen molar-refractivity contribution in [2.24, 2.45) is 0 Å². The van der Waals surface area contributed by atoms with E-state index in [-0.39, 0.29) is 37.0 Å². The number of morpholine rings is 1. The molecule has 162 valence electrons. The summed E-state index contributed by atoms with van der Waals surface area (Å²) in [7, 11) is -2.73. The first-order valence-corrected chi connectivity index (χ1v) is 9.91. The van der Waals surface area contributed by atoms with Gasteiger partial charge in [0, 0.05) is 13.1 Å². The fourth-order valence-electron chi connectivity index (χ4n) is 2.52. The third-order valence-corrected chi connectivity index (χ3v) is 5.66. The van der Waals surface area contributed by atoms with Crippen LogP contribution < -0.4 is 4.74 Å². The van der Waals surface area contributed by atoms with E-state index < -0.39 is 34.2 Å². The Morgan fingerprint density at radius 2 is 1.97 bits per heavy atom. The molecule has 0 spiro atoms. The number of nitrogens with zero attached hydrogens (tertiary/aromatic N) is 1. The fraction of sp³-hybridized carbons (Fsp3) is 0.471. The van der Waals surface area contributed by atoms with Gasteiger partial charge in [0.2, 0.25) is 15.8 Å². The molecule has 1 heterocycles. The molecule has 1 atom stereocenters. The molecule has 1 aromatic carbocycles. The number of esters is 1. The Balaban J connectivity index is 2.15. The molecule has 0 N–H and O–H groups in total. The zero-order valence-corrected chi connectivity index (χ0v) is 16.5. The summed E-state index contributed by atoms with van der Waals surface area (Å²) < 4.78 is 82.4. The van der Waals surface area contributed by atoms with Crippen LogP contribution in [0, 0.1) is 0 Å². The first-order chi connectivity index (χ1) is 13.6. The van der Waals surface area contributed by atoms with Gasteiger partial charge in [0.1, 0.15) is 5.75 Å². The highest BCUT2D eigenvalue weighted by Crippen LogP contribution is 2.26. The Morgan fingerprint density at radius 1 is 1.31 bits per heavy atom. The molecule has 1 aliphatic heterocycles. The number of ether oxygens (including phenoxy) is 4. The van der Waals surface area contributed by atoms with Crippen LogP contribution in [0.25, 0.3) is 0 Å². The van der Waals surface area contributed by atoms with E-state index in [1.165, 1.54) is 13.2 Å². The van der Waals surface area contributed by atoms with Crippen molar-refractivity contribution < 1.29 is 45.3 Å². The number of hydrogen-bond donors (Lipinski definition) is 0. The maximum atomic E-state index is 12.8. The van der Waals surface area contributed by atoms with Gasteiger partial charge in [-0.2, -0.15) is 4.31 Å². The zero-order chi connectivity index (χ0) is 21.7. The van der Waals surface area contributed by atoms with Gasteiger partial charge < -0.3 is 18.9 Å². The minimum Gasteiger partial charge on any atom is -0.490 e. The van der Waals surface area contributed by atoms with Gasteiger partial charge in [-0.3, -0.25) is 0 Å². The molecule has 0 bridgehead atoms. The van der Waals surface area contributed by atoms with Gasteiger partial charge in [-0.15, -0.1) is 13.2 Å². The molecular weight excluding hydrogens is 419 g/mol. The quantitative estimate of drug-likeness (QED) is 0.365. The average molecular weight is 439 g/mol. The van der Waals surface area contributed by atoms with Crippen LogP contribution in [-0.2, 0) is 29.0 Å². The summed E-state index contributed by atoms with van der Waals surface area (Å²) in [6.07, 6.45) is -4.33. The molecule has 8 nitrogen and oxygen atoms in total. The molecular formula is C17H20F3NO7S. The lowest BCUT2D eigenvalue weighted by molar-refractivity contribution is -0.274. The lowest BCUT2D eigenvalue weighted by Gasteiger charge is -2.31. The second-order valence-electron chi connectivity index (χ2n) is 5.75. The lowest BCUT2D eigenvalue weighted by Crippen LogP contribution is -2.45. The van der Waals surface area contributed by atoms with Gasteiger partial charge in [-0.25, -0.2) is 13.2 Å². The van der Waals surface area contributed by atoms with Gasteiger partial charge in [0.15, 0.2) is 0 Å². The van der Waals surface area contributed by atoms with Crippen LogP contribution in [0.15, 0.2) is 41.0 Å². The number of carbonyl (C=O) groups excluding carboxylic acids is 1. The normalized spacial score (nSPS) is 18.9. The summed E-state index contributed by atoms with van der Waals surface area (Å²) in [6, 6.07) is 3.88. The summed E-state index contributed by atoms with van der Waals surface area (Å²) in [5.41, 5.74) is 0. The molecule has 0 saturated carbocycles. The minimum atomic E-state index is -4.87. The molecule has 29 heavy (non-hydrogen) atoms. The van der Waals surface area contributed by atoms with Crippen LogP contribution in [0.4, 0.5) is 13.2 Å². The van der Waals surface area contributed by atoms with Gasteiger partial charge in [-0.1, -0.05) is 0 Å². The third kappa shape index (κ3) is 6.34. The van der Waals surface area contributed by atoms with Gasteiger partial charge in [0.25, 0.3) is 0 Å². The molecule has 1 unspecified atom stereocenters. The summed E-state index contributed by atoms with van der Waals surface area (Å²) >= 11 is 0. The van der Waals surface area contributed by atoms with Crippen LogP contribution in [0.1, 0.15) is 6.92 Å². The highest BCUT2D eigenvalue weighted by Gasteiger charge is 2.33. The van der Waals surface area contributed by atoms with E-state index >= 15 is 0 Å². The fourth-order valence-corrected chi connectivity index (χ4v) is 3.96. The monoisotopic (exact) mass is 439 g/mol. The second-order valence-corrected chi connectivity index (χ2v) is 7.68. The van der Waals surface area contributed by atoms with Crippen molar-refractivity contribution in [2.75, 3.05) is 33.4 Å². The number of alkyl halides is 3. The highest BCUT2D eigenvalue weighted by molar-refractivity contribution is 7.89. The Morgan fingerprint density at radius 3 is 2.52 bits per heavy atom. The van der Waals surface area contributed by atoms with Crippen molar-refractivity contribution in [3.05, 3.63) is 36.1 Å². The van der Waals surface area contributed by atoms with E-state index in [2.05, 4.69) is 4.74 Å². The molecule has 12 heteroatoms. The number of rotatable bonds is 7. The topological polar surface area (TPSA) is 91.4 Å². The number of sulfonamides is 1. The maximum Gasteiger partial charge on any atom is 0.573 e. The van der Waals surface area contributed by atoms with E-state index in [1.807, 2.05) is 0 Å². The first kappa shape index (κ1) is 23.0. The van der Waals surface area contributed by atoms with Crippen LogP contribution in [0.2, 0.25) is 0 Å². The molecule has 2 rings (SSSR count). The molecule has 0 aliphatic carbocycles. The standard InChI is InChI=1S/C17H20F3NO7S/c1-3-26-16(22)15(25-2)10-13-11-21(8-9-27-13)29(23,24)14-6-4-12(5-7-14)28-17(18,19)20/h4-7,10,13H,3,8-9,11H2,1-2H3/b15-10-. The van der Waals surface area contributed by atoms with Crippen molar-refractivity contribution >= 4 is 16.0 Å². The van der Waals surface area contributed by atoms with Crippen molar-refractivity contribution in [2.45, 2.75) is 24.3 Å². The largest absolute Gasteiger partial charge is 0.573 e. The zero-order valence-electron chi connectivity index (χ0n) is 15.6. The third-order valence-electron chi connectivity index (χ3n) is 3.79. The van der Waals surface area contributed by atoms with Crippen molar-refractivity contribution in [1.29, 1.82) is 0 Å². The van der Waals surface area contributed by atoms with Crippen LogP contribution >= 0.6 is 0 Å². The maximum absolute atomic E-state index is 12.8. The Hall–Kier alpha value is -2.31. The van der Waals surface area contributed by atoms with Gasteiger partial charge in [-0.05, 0) is 37.3 Å². The Labute approximate surface area is 165 Å². The predicted molar refractivity (Wildman–Crippen MR) is 93.3 cm³/mol. The molecule has 1 saturated heterocycles. The summed E-state index contributed by atoms with van der Waals surface area (Å²) in [6.45, 7) is 1.74. The average Bonchev–Trinajstić information content (AvgIpc) is 2.65. The molecule has 0 radical (unpaired) electrons. The van der Waals surface area contributed by atoms with Gasteiger partial charge >= 0.3 is 12.3 Å². The number of hydrogen-bond acceptors (Lipinski definition) is 7. The summed E-state index contributed by atoms with van der Waals surface area (Å²) in [5.74, 6) is -1.36. The van der Waals surface area contributed by atoms with Crippen molar-refractivity contribution in [3.63, 3.8) is 0 Å². The van der Waals surface area contributed by atoms with Crippen LogP contribution in [-0.4, -0.2) is 64.6 Å². The van der Waals surface area contributed by atoms with Crippen LogP contribution in [0.5, 0.6) is 5.75 Å².